The van der Waals surface area contributed by atoms with E-state index in [2.05, 4.69) is 10.2 Å². The highest BCUT2D eigenvalue weighted by molar-refractivity contribution is 5.50. The second kappa shape index (κ2) is 5.37. The number of nitriles is 1. The SMILES string of the molecule is N#Cc1ccc(NC2CCN3CCCCC23)c(F)c1F. The molecule has 2 aliphatic heterocycles. The van der Waals surface area contributed by atoms with E-state index in [4.69, 9.17) is 5.26 Å². The molecule has 1 aromatic rings. The Hall–Kier alpha value is -1.67. The first kappa shape index (κ1) is 13.3. The molecule has 20 heavy (non-hydrogen) atoms. The zero-order valence-corrected chi connectivity index (χ0v) is 11.2. The molecule has 0 amide bonds. The van der Waals surface area contributed by atoms with Gasteiger partial charge in [-0.25, -0.2) is 8.78 Å². The summed E-state index contributed by atoms with van der Waals surface area (Å²) in [6, 6.07) is 5.02. The molecule has 2 heterocycles. The lowest BCUT2D eigenvalue weighted by molar-refractivity contribution is 0.192. The number of piperidine rings is 1. The summed E-state index contributed by atoms with van der Waals surface area (Å²) in [6.07, 6.45) is 4.48. The number of rotatable bonds is 2. The molecular weight excluding hydrogens is 260 g/mol. The van der Waals surface area contributed by atoms with Crippen molar-refractivity contribution in [3.8, 4) is 6.07 Å². The first-order chi connectivity index (χ1) is 9.70. The molecule has 2 atom stereocenters. The molecule has 3 rings (SSSR count). The molecule has 1 N–H and O–H groups in total. The Kier molecular flexibility index (Phi) is 3.58. The number of halogens is 2. The van der Waals surface area contributed by atoms with Gasteiger partial charge < -0.3 is 5.32 Å². The molecule has 2 saturated heterocycles. The fraction of sp³-hybridized carbons (Fsp3) is 0.533. The highest BCUT2D eigenvalue weighted by Gasteiger charge is 2.35. The van der Waals surface area contributed by atoms with Crippen molar-refractivity contribution >= 4 is 5.69 Å². The third kappa shape index (κ3) is 2.25. The van der Waals surface area contributed by atoms with E-state index in [1.165, 1.54) is 25.0 Å². The maximum atomic E-state index is 13.9. The van der Waals surface area contributed by atoms with Gasteiger partial charge in [-0.2, -0.15) is 5.26 Å². The summed E-state index contributed by atoms with van der Waals surface area (Å²) < 4.78 is 27.5. The first-order valence-corrected chi connectivity index (χ1v) is 7.09. The molecule has 5 heteroatoms. The lowest BCUT2D eigenvalue weighted by atomic mass is 9.98. The van der Waals surface area contributed by atoms with Crippen molar-refractivity contribution in [3.63, 3.8) is 0 Å². The summed E-state index contributed by atoms with van der Waals surface area (Å²) >= 11 is 0. The molecule has 0 spiro atoms. The van der Waals surface area contributed by atoms with Gasteiger partial charge in [0.1, 0.15) is 6.07 Å². The van der Waals surface area contributed by atoms with Crippen molar-refractivity contribution in [1.29, 1.82) is 5.26 Å². The topological polar surface area (TPSA) is 39.1 Å². The molecule has 0 radical (unpaired) electrons. The van der Waals surface area contributed by atoms with E-state index in [9.17, 15) is 8.78 Å². The van der Waals surface area contributed by atoms with Gasteiger partial charge in [-0.15, -0.1) is 0 Å². The summed E-state index contributed by atoms with van der Waals surface area (Å²) in [7, 11) is 0. The van der Waals surface area contributed by atoms with Crippen molar-refractivity contribution in [1.82, 2.24) is 4.90 Å². The Morgan fingerprint density at radius 1 is 1.15 bits per heavy atom. The largest absolute Gasteiger partial charge is 0.378 e. The summed E-state index contributed by atoms with van der Waals surface area (Å²) in [5, 5.41) is 11.8. The maximum absolute atomic E-state index is 13.9. The number of nitrogens with one attached hydrogen (secondary N) is 1. The molecule has 0 aliphatic carbocycles. The Bertz CT molecular complexity index is 553. The average Bonchev–Trinajstić information content (AvgIpc) is 2.88. The minimum Gasteiger partial charge on any atom is -0.378 e. The molecule has 2 fully saturated rings. The van der Waals surface area contributed by atoms with Crippen LogP contribution in [0.15, 0.2) is 12.1 Å². The fourth-order valence-corrected chi connectivity index (χ4v) is 3.36. The van der Waals surface area contributed by atoms with Crippen molar-refractivity contribution in [2.75, 3.05) is 18.4 Å². The maximum Gasteiger partial charge on any atom is 0.183 e. The highest BCUT2D eigenvalue weighted by Crippen LogP contribution is 2.30. The van der Waals surface area contributed by atoms with Crippen LogP contribution >= 0.6 is 0 Å². The van der Waals surface area contributed by atoms with Gasteiger partial charge >= 0.3 is 0 Å². The van der Waals surface area contributed by atoms with Crippen LogP contribution < -0.4 is 5.32 Å². The molecular formula is C15H17F2N3. The van der Waals surface area contributed by atoms with Crippen molar-refractivity contribution < 1.29 is 8.78 Å². The van der Waals surface area contributed by atoms with Crippen LogP contribution in [0, 0.1) is 23.0 Å². The molecule has 3 nitrogen and oxygen atoms in total. The van der Waals surface area contributed by atoms with Gasteiger partial charge in [0.05, 0.1) is 11.3 Å². The third-order valence-electron chi connectivity index (χ3n) is 4.40. The minimum atomic E-state index is -1.06. The van der Waals surface area contributed by atoms with Crippen LogP contribution in [0.5, 0.6) is 0 Å². The summed E-state index contributed by atoms with van der Waals surface area (Å²) in [4.78, 5) is 2.43. The van der Waals surface area contributed by atoms with Crippen molar-refractivity contribution in [2.24, 2.45) is 0 Å². The molecule has 2 aliphatic rings. The molecule has 0 saturated carbocycles. The summed E-state index contributed by atoms with van der Waals surface area (Å²) in [5.74, 6) is -2.01. The number of nitrogens with zero attached hydrogens (tertiary/aromatic N) is 2. The van der Waals surface area contributed by atoms with E-state index < -0.39 is 11.6 Å². The van der Waals surface area contributed by atoms with Gasteiger partial charge in [0.25, 0.3) is 0 Å². The van der Waals surface area contributed by atoms with Crippen LogP contribution in [0.2, 0.25) is 0 Å². The number of anilines is 1. The van der Waals surface area contributed by atoms with Gasteiger partial charge in [0.2, 0.25) is 0 Å². The van der Waals surface area contributed by atoms with Gasteiger partial charge in [-0.05, 0) is 37.9 Å². The molecule has 2 unspecified atom stereocenters. The zero-order valence-electron chi connectivity index (χ0n) is 11.2. The Balaban J connectivity index is 1.78. The second-order valence-corrected chi connectivity index (χ2v) is 5.54. The van der Waals surface area contributed by atoms with Gasteiger partial charge in [0, 0.05) is 18.6 Å². The van der Waals surface area contributed by atoms with Crippen LogP contribution in [-0.2, 0) is 0 Å². The van der Waals surface area contributed by atoms with E-state index in [0.29, 0.717) is 6.04 Å². The smallest absolute Gasteiger partial charge is 0.183 e. The van der Waals surface area contributed by atoms with Crippen molar-refractivity contribution in [2.45, 2.75) is 37.8 Å². The quantitative estimate of drug-likeness (QED) is 0.903. The third-order valence-corrected chi connectivity index (χ3v) is 4.40. The Morgan fingerprint density at radius 2 is 2.00 bits per heavy atom. The molecule has 0 bridgehead atoms. The predicted octanol–water partition coefficient (Wildman–Crippen LogP) is 2.88. The normalized spacial score (nSPS) is 26.1. The summed E-state index contributed by atoms with van der Waals surface area (Å²) in [5.41, 5.74) is -0.0855. The van der Waals surface area contributed by atoms with Crippen LogP contribution in [-0.4, -0.2) is 30.1 Å². The zero-order chi connectivity index (χ0) is 14.1. The van der Waals surface area contributed by atoms with Crippen LogP contribution in [0.4, 0.5) is 14.5 Å². The monoisotopic (exact) mass is 277 g/mol. The lowest BCUT2D eigenvalue weighted by Gasteiger charge is -2.33. The number of hydrogen-bond donors (Lipinski definition) is 1. The van der Waals surface area contributed by atoms with Gasteiger partial charge in [-0.1, -0.05) is 6.42 Å². The minimum absolute atomic E-state index is 0.164. The van der Waals surface area contributed by atoms with Crippen LogP contribution in [0.25, 0.3) is 0 Å². The Labute approximate surface area is 117 Å². The second-order valence-electron chi connectivity index (χ2n) is 5.54. The first-order valence-electron chi connectivity index (χ1n) is 7.09. The predicted molar refractivity (Wildman–Crippen MR) is 72.3 cm³/mol. The fourth-order valence-electron chi connectivity index (χ4n) is 3.36. The lowest BCUT2D eigenvalue weighted by Crippen LogP contribution is -2.41. The highest BCUT2D eigenvalue weighted by atomic mass is 19.2. The van der Waals surface area contributed by atoms with Crippen LogP contribution in [0.1, 0.15) is 31.2 Å². The standard InChI is InChI=1S/C15H17F2N3/c16-14-10(9-18)4-5-12(15(14)17)19-11-6-8-20-7-2-1-3-13(11)20/h4-5,11,13,19H,1-3,6-8H2. The Morgan fingerprint density at radius 3 is 2.80 bits per heavy atom. The van der Waals surface area contributed by atoms with Crippen LogP contribution in [0.3, 0.4) is 0 Å². The van der Waals surface area contributed by atoms with E-state index in [1.807, 2.05) is 0 Å². The number of hydrogen-bond acceptors (Lipinski definition) is 3. The number of fused-ring (bicyclic) bond motifs is 1. The van der Waals surface area contributed by atoms with Crippen molar-refractivity contribution in [3.05, 3.63) is 29.3 Å². The summed E-state index contributed by atoms with van der Waals surface area (Å²) in [6.45, 7) is 2.12. The number of benzene rings is 1. The van der Waals surface area contributed by atoms with Gasteiger partial charge in [0.15, 0.2) is 11.6 Å². The van der Waals surface area contributed by atoms with E-state index >= 15 is 0 Å². The van der Waals surface area contributed by atoms with E-state index in [-0.39, 0.29) is 17.3 Å². The van der Waals surface area contributed by atoms with E-state index in [0.717, 1.165) is 25.9 Å². The molecule has 106 valence electrons. The molecule has 1 aromatic carbocycles. The average molecular weight is 277 g/mol. The van der Waals surface area contributed by atoms with Gasteiger partial charge in [-0.3, -0.25) is 4.90 Å². The van der Waals surface area contributed by atoms with E-state index in [1.54, 1.807) is 6.07 Å². The molecule has 0 aromatic heterocycles.